The minimum Gasteiger partial charge on any atom is -0.360 e. The summed E-state index contributed by atoms with van der Waals surface area (Å²) in [6, 6.07) is 0. The summed E-state index contributed by atoms with van der Waals surface area (Å²) in [5.41, 5.74) is 1.00. The van der Waals surface area contributed by atoms with Crippen LogP contribution in [0.5, 0.6) is 0 Å². The number of rotatable bonds is 4. The van der Waals surface area contributed by atoms with Gasteiger partial charge in [-0.25, -0.2) is 9.50 Å². The number of anilines is 1. The van der Waals surface area contributed by atoms with E-state index >= 15 is 0 Å². The first-order chi connectivity index (χ1) is 10.7. The standard InChI is InChI=1S/C14H19N7S/c1-3-11-17-18-12-5-4-10(8-20(11)12)6-15-13-19-21-7-9(2)16-14(21)22-13/h7,10H,3-6,8H2,1-2H3,(H,15,19)/t10-/m1/s1. The molecule has 0 bridgehead atoms. The highest BCUT2D eigenvalue weighted by Gasteiger charge is 2.22. The zero-order chi connectivity index (χ0) is 15.1. The van der Waals surface area contributed by atoms with Gasteiger partial charge in [-0.05, 0) is 19.3 Å². The van der Waals surface area contributed by atoms with Crippen molar-refractivity contribution >= 4 is 21.4 Å². The fraction of sp³-hybridized carbons (Fsp3) is 0.571. The third kappa shape index (κ3) is 2.37. The lowest BCUT2D eigenvalue weighted by molar-refractivity contribution is 0.374. The van der Waals surface area contributed by atoms with Crippen LogP contribution in [-0.4, -0.2) is 35.9 Å². The fourth-order valence-electron chi connectivity index (χ4n) is 2.99. The molecule has 0 aliphatic carbocycles. The zero-order valence-corrected chi connectivity index (χ0v) is 13.6. The number of hydrogen-bond donors (Lipinski definition) is 1. The first kappa shape index (κ1) is 13.7. The van der Waals surface area contributed by atoms with Gasteiger partial charge in [0.05, 0.1) is 11.9 Å². The van der Waals surface area contributed by atoms with Crippen LogP contribution in [0.3, 0.4) is 0 Å². The highest BCUT2D eigenvalue weighted by Crippen LogP contribution is 2.23. The highest BCUT2D eigenvalue weighted by atomic mass is 32.1. The van der Waals surface area contributed by atoms with Crippen molar-refractivity contribution in [2.45, 2.75) is 39.7 Å². The van der Waals surface area contributed by atoms with Crippen LogP contribution in [0, 0.1) is 12.8 Å². The topological polar surface area (TPSA) is 72.9 Å². The van der Waals surface area contributed by atoms with Crippen LogP contribution >= 0.6 is 11.3 Å². The third-order valence-electron chi connectivity index (χ3n) is 4.14. The van der Waals surface area contributed by atoms with Crippen LogP contribution in [0.25, 0.3) is 4.96 Å². The van der Waals surface area contributed by atoms with Crippen molar-refractivity contribution in [1.29, 1.82) is 0 Å². The Bertz CT molecular complexity index is 754. The Balaban J connectivity index is 1.42. The molecule has 22 heavy (non-hydrogen) atoms. The van der Waals surface area contributed by atoms with E-state index in [1.165, 1.54) is 0 Å². The minimum absolute atomic E-state index is 0.590. The van der Waals surface area contributed by atoms with Crippen molar-refractivity contribution < 1.29 is 0 Å². The van der Waals surface area contributed by atoms with Crippen LogP contribution in [0.1, 0.15) is 30.7 Å². The molecule has 1 aliphatic heterocycles. The number of nitrogens with zero attached hydrogens (tertiary/aromatic N) is 6. The molecule has 0 unspecified atom stereocenters. The summed E-state index contributed by atoms with van der Waals surface area (Å²) in [7, 11) is 0. The maximum absolute atomic E-state index is 4.52. The Morgan fingerprint density at radius 2 is 2.32 bits per heavy atom. The van der Waals surface area contributed by atoms with E-state index in [0.717, 1.165) is 59.8 Å². The van der Waals surface area contributed by atoms with E-state index in [2.05, 4.69) is 37.1 Å². The van der Waals surface area contributed by atoms with E-state index in [4.69, 9.17) is 0 Å². The predicted octanol–water partition coefficient (Wildman–Crippen LogP) is 1.93. The second kappa shape index (κ2) is 5.35. The van der Waals surface area contributed by atoms with Gasteiger partial charge >= 0.3 is 0 Å². The number of aromatic nitrogens is 6. The van der Waals surface area contributed by atoms with E-state index in [9.17, 15) is 0 Å². The van der Waals surface area contributed by atoms with Crippen LogP contribution in [-0.2, 0) is 19.4 Å². The number of fused-ring (bicyclic) bond motifs is 2. The molecule has 7 nitrogen and oxygen atoms in total. The van der Waals surface area contributed by atoms with E-state index in [1.54, 1.807) is 11.3 Å². The lowest BCUT2D eigenvalue weighted by Gasteiger charge is -2.24. The zero-order valence-electron chi connectivity index (χ0n) is 12.8. The summed E-state index contributed by atoms with van der Waals surface area (Å²) in [6.07, 6.45) is 5.06. The maximum Gasteiger partial charge on any atom is 0.214 e. The first-order valence-electron chi connectivity index (χ1n) is 7.70. The van der Waals surface area contributed by atoms with Crippen molar-refractivity contribution in [3.05, 3.63) is 23.5 Å². The summed E-state index contributed by atoms with van der Waals surface area (Å²) >= 11 is 1.60. The lowest BCUT2D eigenvalue weighted by Crippen LogP contribution is -2.27. The molecule has 1 atom stereocenters. The Labute approximate surface area is 132 Å². The molecule has 0 aromatic carbocycles. The van der Waals surface area contributed by atoms with Crippen LogP contribution in [0.4, 0.5) is 5.13 Å². The van der Waals surface area contributed by atoms with E-state index < -0.39 is 0 Å². The molecule has 1 N–H and O–H groups in total. The molecule has 4 rings (SSSR count). The van der Waals surface area contributed by atoms with Crippen LogP contribution in [0.15, 0.2) is 6.20 Å². The summed E-state index contributed by atoms with van der Waals surface area (Å²) in [5.74, 6) is 2.82. The molecule has 4 heterocycles. The monoisotopic (exact) mass is 317 g/mol. The Kier molecular flexibility index (Phi) is 3.33. The Hall–Kier alpha value is -1.96. The van der Waals surface area contributed by atoms with E-state index in [0.29, 0.717) is 5.92 Å². The molecule has 0 saturated carbocycles. The van der Waals surface area contributed by atoms with Gasteiger partial charge in [0.25, 0.3) is 0 Å². The minimum atomic E-state index is 0.590. The Morgan fingerprint density at radius 3 is 3.14 bits per heavy atom. The van der Waals surface area contributed by atoms with Crippen molar-refractivity contribution in [2.24, 2.45) is 5.92 Å². The SMILES string of the molecule is CCc1nnc2n1C[C@@H](CNc1nn3cc(C)nc3s1)CC2. The molecule has 0 radical (unpaired) electrons. The van der Waals surface area contributed by atoms with Gasteiger partial charge in [0.1, 0.15) is 11.6 Å². The molecular formula is C14H19N7S. The largest absolute Gasteiger partial charge is 0.360 e. The molecule has 0 amide bonds. The van der Waals surface area contributed by atoms with Gasteiger partial charge in [0.2, 0.25) is 10.1 Å². The summed E-state index contributed by atoms with van der Waals surface area (Å²) in [6.45, 7) is 6.04. The number of aryl methyl sites for hydroxylation is 3. The van der Waals surface area contributed by atoms with Gasteiger partial charge in [-0.15, -0.1) is 15.3 Å². The van der Waals surface area contributed by atoms with E-state index in [-0.39, 0.29) is 0 Å². The normalized spacial score (nSPS) is 17.8. The highest BCUT2D eigenvalue weighted by molar-refractivity contribution is 7.20. The average molecular weight is 317 g/mol. The molecule has 0 fully saturated rings. The van der Waals surface area contributed by atoms with Gasteiger partial charge in [0.15, 0.2) is 0 Å². The smallest absolute Gasteiger partial charge is 0.214 e. The third-order valence-corrected chi connectivity index (χ3v) is 5.02. The summed E-state index contributed by atoms with van der Waals surface area (Å²) in [5, 5.41) is 17.5. The summed E-state index contributed by atoms with van der Waals surface area (Å²) in [4.78, 5) is 5.37. The van der Waals surface area contributed by atoms with Gasteiger partial charge in [-0.1, -0.05) is 18.3 Å². The molecule has 116 valence electrons. The first-order valence-corrected chi connectivity index (χ1v) is 8.52. The molecule has 0 spiro atoms. The van der Waals surface area contributed by atoms with Crippen molar-refractivity contribution in [1.82, 2.24) is 29.4 Å². The van der Waals surface area contributed by atoms with E-state index in [1.807, 2.05) is 17.6 Å². The molecule has 8 heteroatoms. The molecule has 0 saturated heterocycles. The number of hydrogen-bond acceptors (Lipinski definition) is 6. The molecule has 1 aliphatic rings. The van der Waals surface area contributed by atoms with Crippen LogP contribution < -0.4 is 5.32 Å². The van der Waals surface area contributed by atoms with Crippen LogP contribution in [0.2, 0.25) is 0 Å². The predicted molar refractivity (Wildman–Crippen MR) is 85.3 cm³/mol. The number of imidazole rings is 1. The van der Waals surface area contributed by atoms with Crippen molar-refractivity contribution in [3.63, 3.8) is 0 Å². The fourth-order valence-corrected chi connectivity index (χ4v) is 3.83. The lowest BCUT2D eigenvalue weighted by atomic mass is 9.99. The Morgan fingerprint density at radius 1 is 1.41 bits per heavy atom. The van der Waals surface area contributed by atoms with Crippen molar-refractivity contribution in [2.75, 3.05) is 11.9 Å². The molecular weight excluding hydrogens is 298 g/mol. The molecule has 3 aromatic heterocycles. The summed E-state index contributed by atoms with van der Waals surface area (Å²) < 4.78 is 4.13. The second-order valence-corrected chi connectivity index (χ2v) is 6.75. The van der Waals surface area contributed by atoms with Gasteiger partial charge < -0.3 is 9.88 Å². The second-order valence-electron chi connectivity index (χ2n) is 5.80. The average Bonchev–Trinajstić information content (AvgIpc) is 3.16. The van der Waals surface area contributed by atoms with Gasteiger partial charge in [-0.2, -0.15) is 0 Å². The van der Waals surface area contributed by atoms with Crippen molar-refractivity contribution in [3.8, 4) is 0 Å². The number of nitrogens with one attached hydrogen (secondary N) is 1. The molecule has 3 aromatic rings. The van der Waals surface area contributed by atoms with Gasteiger partial charge in [0, 0.05) is 25.9 Å². The van der Waals surface area contributed by atoms with Gasteiger partial charge in [-0.3, -0.25) is 0 Å². The quantitative estimate of drug-likeness (QED) is 0.796. The maximum atomic E-state index is 4.52.